The number of carboxylic acids is 1. The Bertz CT molecular complexity index is 1890. The Morgan fingerprint density at radius 2 is 1.75 bits per heavy atom. The van der Waals surface area contributed by atoms with Crippen molar-refractivity contribution in [1.29, 1.82) is 0 Å². The lowest BCUT2D eigenvalue weighted by Crippen LogP contribution is -2.20. The van der Waals surface area contributed by atoms with Crippen LogP contribution < -0.4 is 14.4 Å². The highest BCUT2D eigenvalue weighted by Crippen LogP contribution is 2.38. The number of anilines is 1. The van der Waals surface area contributed by atoms with E-state index in [1.165, 1.54) is 18.6 Å². The number of allylic oxidation sites excluding steroid dienone is 4. The van der Waals surface area contributed by atoms with Gasteiger partial charge < -0.3 is 28.5 Å². The Morgan fingerprint density at radius 3 is 2.38 bits per heavy atom. The molecule has 0 aliphatic heterocycles. The van der Waals surface area contributed by atoms with Gasteiger partial charge in [-0.05, 0) is 74.4 Å². The van der Waals surface area contributed by atoms with Gasteiger partial charge in [0.15, 0.2) is 5.58 Å². The number of hydrogen-bond acceptors (Lipinski definition) is 6. The Hall–Kier alpha value is -5.19. The molecular formula is C37H40F3N3O5. The van der Waals surface area contributed by atoms with Crippen LogP contribution in [-0.2, 0) is 6.54 Å². The third kappa shape index (κ3) is 8.02. The van der Waals surface area contributed by atoms with E-state index in [9.17, 15) is 23.1 Å². The second-order valence-corrected chi connectivity index (χ2v) is 10.8. The molecule has 254 valence electrons. The van der Waals surface area contributed by atoms with Gasteiger partial charge in [0.05, 0.1) is 19.3 Å². The standard InChI is InChI=1S/C35H34F3N3O5.C2H6/c1-5-24(35(36,37)38)19-22(2)21-41-29-16-15-26(45-18-8-17-40(3)34-39-28-9-6-7-10-30(28)46-34)20-27(29)31(32(41)33(42)43)23-11-13-25(44-4)14-12-23;1-2/h5-7,9-16,19-20H,8,17-18,21H2,1-4H3,(H,42,43);1-2H3/b22-19+,24-5+;. The van der Waals surface area contributed by atoms with Crippen molar-refractivity contribution in [2.24, 2.45) is 0 Å². The topological polar surface area (TPSA) is 90.0 Å². The molecule has 8 nitrogen and oxygen atoms in total. The molecule has 5 aromatic rings. The number of fused-ring (bicyclic) bond motifs is 2. The first-order valence-corrected chi connectivity index (χ1v) is 15.6. The molecular weight excluding hydrogens is 623 g/mol. The highest BCUT2D eigenvalue weighted by atomic mass is 19.4. The number of oxazole rings is 1. The summed E-state index contributed by atoms with van der Waals surface area (Å²) >= 11 is 0. The number of carbonyl (C=O) groups is 1. The van der Waals surface area contributed by atoms with Crippen LogP contribution >= 0.6 is 0 Å². The highest BCUT2D eigenvalue weighted by molar-refractivity contribution is 6.08. The van der Waals surface area contributed by atoms with Crippen molar-refractivity contribution in [1.82, 2.24) is 9.55 Å². The zero-order valence-corrected chi connectivity index (χ0v) is 27.9. The van der Waals surface area contributed by atoms with Crippen molar-refractivity contribution >= 4 is 34.0 Å². The van der Waals surface area contributed by atoms with Crippen LogP contribution in [0.15, 0.2) is 94.4 Å². The van der Waals surface area contributed by atoms with Gasteiger partial charge in [-0.15, -0.1) is 0 Å². The molecule has 1 N–H and O–H groups in total. The van der Waals surface area contributed by atoms with Crippen LogP contribution in [-0.4, -0.2) is 54.1 Å². The van der Waals surface area contributed by atoms with E-state index < -0.39 is 17.7 Å². The zero-order chi connectivity index (χ0) is 35.0. The van der Waals surface area contributed by atoms with Gasteiger partial charge in [-0.3, -0.25) is 0 Å². The molecule has 0 spiro atoms. The van der Waals surface area contributed by atoms with Crippen LogP contribution in [0.2, 0.25) is 0 Å². The van der Waals surface area contributed by atoms with Crippen LogP contribution in [0.5, 0.6) is 11.5 Å². The molecule has 0 saturated carbocycles. The van der Waals surface area contributed by atoms with E-state index in [1.54, 1.807) is 49.4 Å². The molecule has 2 aromatic heterocycles. The first kappa shape index (κ1) is 35.7. The lowest BCUT2D eigenvalue weighted by atomic mass is 10.0. The summed E-state index contributed by atoms with van der Waals surface area (Å²) in [5, 5.41) is 11.0. The van der Waals surface area contributed by atoms with E-state index in [0.29, 0.717) is 70.3 Å². The van der Waals surface area contributed by atoms with Gasteiger partial charge in [0.25, 0.3) is 6.01 Å². The fourth-order valence-corrected chi connectivity index (χ4v) is 5.36. The van der Waals surface area contributed by atoms with Gasteiger partial charge >= 0.3 is 12.1 Å². The number of rotatable bonds is 12. The maximum Gasteiger partial charge on any atom is 0.416 e. The Kier molecular flexibility index (Phi) is 11.6. The minimum absolute atomic E-state index is 0.0425. The third-order valence-corrected chi connectivity index (χ3v) is 7.58. The van der Waals surface area contributed by atoms with Crippen molar-refractivity contribution in [2.75, 3.05) is 32.2 Å². The molecule has 2 heterocycles. The van der Waals surface area contributed by atoms with Crippen LogP contribution in [0, 0.1) is 0 Å². The molecule has 0 atom stereocenters. The summed E-state index contributed by atoms with van der Waals surface area (Å²) in [6, 6.07) is 20.3. The number of benzene rings is 3. The second kappa shape index (κ2) is 15.6. The number of aromatic nitrogens is 2. The largest absolute Gasteiger partial charge is 0.497 e. The van der Waals surface area contributed by atoms with Crippen molar-refractivity contribution in [3.05, 3.63) is 95.7 Å². The highest BCUT2D eigenvalue weighted by Gasteiger charge is 2.31. The van der Waals surface area contributed by atoms with Crippen LogP contribution in [0.3, 0.4) is 0 Å². The maximum atomic E-state index is 13.5. The fourth-order valence-electron chi connectivity index (χ4n) is 5.36. The number of para-hydroxylation sites is 2. The number of methoxy groups -OCH3 is 1. The van der Waals surface area contributed by atoms with Crippen molar-refractivity contribution in [2.45, 2.75) is 46.8 Å². The number of nitrogens with zero attached hydrogens (tertiary/aromatic N) is 3. The van der Waals surface area contributed by atoms with Gasteiger partial charge in [-0.25, -0.2) is 4.79 Å². The Balaban J connectivity index is 0.00000255. The summed E-state index contributed by atoms with van der Waals surface area (Å²) in [6.07, 6.45) is -1.84. The smallest absolute Gasteiger partial charge is 0.416 e. The van der Waals surface area contributed by atoms with E-state index in [1.807, 2.05) is 50.1 Å². The Labute approximate surface area is 277 Å². The van der Waals surface area contributed by atoms with Gasteiger partial charge in [-0.1, -0.05) is 49.8 Å². The van der Waals surface area contributed by atoms with Gasteiger partial charge in [-0.2, -0.15) is 18.2 Å². The summed E-state index contributed by atoms with van der Waals surface area (Å²) in [6.45, 7) is 7.78. The average Bonchev–Trinajstić information content (AvgIpc) is 3.65. The molecule has 5 rings (SSSR count). The molecule has 3 aromatic carbocycles. The minimum atomic E-state index is -4.53. The van der Waals surface area contributed by atoms with E-state index in [2.05, 4.69) is 4.98 Å². The quantitative estimate of drug-likeness (QED) is 0.105. The van der Waals surface area contributed by atoms with Gasteiger partial charge in [0.1, 0.15) is 22.7 Å². The zero-order valence-electron chi connectivity index (χ0n) is 27.9. The van der Waals surface area contributed by atoms with E-state index in [-0.39, 0.29) is 12.2 Å². The monoisotopic (exact) mass is 663 g/mol. The van der Waals surface area contributed by atoms with E-state index >= 15 is 0 Å². The van der Waals surface area contributed by atoms with Crippen LogP contribution in [0.25, 0.3) is 33.1 Å². The van der Waals surface area contributed by atoms with Gasteiger partial charge in [0, 0.05) is 36.6 Å². The molecule has 0 radical (unpaired) electrons. The molecule has 0 bridgehead atoms. The van der Waals surface area contributed by atoms with Crippen LogP contribution in [0.1, 0.15) is 44.6 Å². The number of ether oxygens (including phenoxy) is 2. The predicted octanol–water partition coefficient (Wildman–Crippen LogP) is 9.54. The summed E-state index contributed by atoms with van der Waals surface area (Å²) in [7, 11) is 3.42. The summed E-state index contributed by atoms with van der Waals surface area (Å²) in [5.41, 5.74) is 2.59. The number of aromatic carboxylic acids is 1. The first-order valence-electron chi connectivity index (χ1n) is 15.6. The summed E-state index contributed by atoms with van der Waals surface area (Å²) in [4.78, 5) is 19.2. The normalized spacial score (nSPS) is 12.2. The molecule has 0 aliphatic rings. The first-order chi connectivity index (χ1) is 23.0. The predicted molar refractivity (Wildman–Crippen MR) is 183 cm³/mol. The lowest BCUT2D eigenvalue weighted by Gasteiger charge is -2.14. The third-order valence-electron chi connectivity index (χ3n) is 7.58. The van der Waals surface area contributed by atoms with Crippen molar-refractivity contribution in [3.63, 3.8) is 0 Å². The minimum Gasteiger partial charge on any atom is -0.497 e. The fraction of sp³-hybridized carbons (Fsp3) is 0.297. The van der Waals surface area contributed by atoms with E-state index in [4.69, 9.17) is 13.9 Å². The molecule has 11 heteroatoms. The lowest BCUT2D eigenvalue weighted by molar-refractivity contribution is -0.0884. The maximum absolute atomic E-state index is 13.5. The molecule has 0 fully saturated rings. The van der Waals surface area contributed by atoms with Crippen molar-refractivity contribution < 1.29 is 37.0 Å². The number of hydrogen-bond donors (Lipinski definition) is 1. The number of carboxylic acid groups (broad SMARTS) is 1. The molecule has 0 aliphatic carbocycles. The van der Waals surface area contributed by atoms with Crippen molar-refractivity contribution in [3.8, 4) is 22.6 Å². The summed E-state index contributed by atoms with van der Waals surface area (Å²) in [5.74, 6) is -0.0796. The SMILES string of the molecule is C/C=C(\C=C(/C)Cn1c(C(=O)O)c(-c2ccc(OC)cc2)c2cc(OCCCN(C)c3nc4ccccc4o3)ccc21)C(F)(F)F.CC. The Morgan fingerprint density at radius 1 is 1.06 bits per heavy atom. The average molecular weight is 664 g/mol. The van der Waals surface area contributed by atoms with Gasteiger partial charge in [0.2, 0.25) is 0 Å². The number of alkyl halides is 3. The molecule has 0 amide bonds. The molecule has 48 heavy (non-hydrogen) atoms. The summed E-state index contributed by atoms with van der Waals surface area (Å²) < 4.78 is 59.1. The van der Waals surface area contributed by atoms with Crippen LogP contribution in [0.4, 0.5) is 19.2 Å². The molecule has 0 saturated heterocycles. The number of halogens is 3. The molecule has 0 unspecified atom stereocenters. The second-order valence-electron chi connectivity index (χ2n) is 10.8. The van der Waals surface area contributed by atoms with E-state index in [0.717, 1.165) is 17.7 Å².